The van der Waals surface area contributed by atoms with Crippen molar-refractivity contribution < 1.29 is 4.74 Å². The van der Waals surface area contributed by atoms with E-state index in [-0.39, 0.29) is 0 Å². The lowest BCUT2D eigenvalue weighted by molar-refractivity contribution is 0.223. The first kappa shape index (κ1) is 24.6. The normalized spacial score (nSPS) is 10.6. The predicted octanol–water partition coefficient (Wildman–Crippen LogP) is 5.01. The zero-order valence-electron chi connectivity index (χ0n) is 20.3. The minimum Gasteiger partial charge on any atom is -0.492 e. The maximum Gasteiger partial charge on any atom is 0.229 e. The minimum absolute atomic E-state index is 0.421. The Morgan fingerprint density at radius 1 is 0.944 bits per heavy atom. The number of anilines is 4. The Balaban J connectivity index is 1.51. The van der Waals surface area contributed by atoms with Crippen LogP contribution in [-0.2, 0) is 0 Å². The molecule has 182 valence electrons. The van der Waals surface area contributed by atoms with E-state index >= 15 is 0 Å². The lowest BCUT2D eigenvalue weighted by atomic mass is 10.1. The van der Waals surface area contributed by atoms with E-state index in [0.717, 1.165) is 47.9 Å². The number of rotatable bonds is 11. The Hall–Kier alpha value is -4.55. The Morgan fingerprint density at radius 2 is 1.72 bits per heavy atom. The van der Waals surface area contributed by atoms with E-state index in [4.69, 9.17) is 9.72 Å². The fourth-order valence-corrected chi connectivity index (χ4v) is 3.59. The summed E-state index contributed by atoms with van der Waals surface area (Å²) < 4.78 is 5.87. The molecule has 0 bridgehead atoms. The molecular weight excluding hydrogens is 452 g/mol. The molecule has 2 heterocycles. The van der Waals surface area contributed by atoms with Crippen LogP contribution in [0, 0.1) is 11.3 Å². The summed E-state index contributed by atoms with van der Waals surface area (Å²) in [5.41, 5.74) is 3.63. The van der Waals surface area contributed by atoms with Gasteiger partial charge in [0.25, 0.3) is 0 Å². The molecule has 0 saturated heterocycles. The summed E-state index contributed by atoms with van der Waals surface area (Å²) in [6.45, 7) is 7.86. The molecule has 2 aromatic carbocycles. The minimum atomic E-state index is 0.421. The zero-order chi connectivity index (χ0) is 25.2. The molecule has 9 heteroatoms. The predicted molar refractivity (Wildman–Crippen MR) is 141 cm³/mol. The van der Waals surface area contributed by atoms with Crippen LogP contribution in [0.1, 0.15) is 19.4 Å². The third-order valence-electron chi connectivity index (χ3n) is 5.60. The van der Waals surface area contributed by atoms with Gasteiger partial charge in [-0.3, -0.25) is 0 Å². The van der Waals surface area contributed by atoms with Crippen LogP contribution in [0.25, 0.3) is 11.1 Å². The van der Waals surface area contributed by atoms with Crippen LogP contribution < -0.4 is 15.4 Å². The number of likely N-dealkylation sites (N-methyl/N-ethyl adjacent to an activating group) is 1. The summed E-state index contributed by atoms with van der Waals surface area (Å²) in [7, 11) is 0. The van der Waals surface area contributed by atoms with Gasteiger partial charge in [0, 0.05) is 47.6 Å². The highest BCUT2D eigenvalue weighted by atomic mass is 16.5. The van der Waals surface area contributed by atoms with Gasteiger partial charge in [-0.05, 0) is 55.6 Å². The molecule has 9 nitrogen and oxygen atoms in total. The molecule has 2 N–H and O–H groups in total. The van der Waals surface area contributed by atoms with Crippen LogP contribution in [0.5, 0.6) is 5.75 Å². The summed E-state index contributed by atoms with van der Waals surface area (Å²) in [6.07, 6.45) is 6.60. The van der Waals surface area contributed by atoms with Crippen LogP contribution in [0.3, 0.4) is 0 Å². The average molecular weight is 481 g/mol. The molecule has 0 atom stereocenters. The van der Waals surface area contributed by atoms with Crippen LogP contribution in [0.2, 0.25) is 0 Å². The molecular formula is C27H28N8O. The van der Waals surface area contributed by atoms with E-state index < -0.39 is 0 Å². The maximum absolute atomic E-state index is 9.24. The first-order valence-corrected chi connectivity index (χ1v) is 11.8. The molecule has 0 fully saturated rings. The molecule has 4 rings (SSSR count). The average Bonchev–Trinajstić information content (AvgIpc) is 2.93. The Labute approximate surface area is 210 Å². The standard InChI is InChI=1S/C27H28N8O/c1-3-35(4-2)12-13-36-24-10-8-22(9-11-24)33-27-31-18-25(21-16-29-19-30-17-21)26(34-27)32-23-7-5-6-20(14-23)15-28/h5-11,14,16-19H,3-4,12-13H2,1-2H3,(H2,31,32,33,34). The van der Waals surface area contributed by atoms with Crippen LogP contribution in [-0.4, -0.2) is 51.1 Å². The number of nitrogens with zero attached hydrogens (tertiary/aromatic N) is 6. The monoisotopic (exact) mass is 480 g/mol. The summed E-state index contributed by atoms with van der Waals surface area (Å²) in [6, 6.07) is 17.1. The third kappa shape index (κ3) is 6.52. The lowest BCUT2D eigenvalue weighted by Gasteiger charge is -2.18. The van der Waals surface area contributed by atoms with Gasteiger partial charge in [-0.15, -0.1) is 0 Å². The van der Waals surface area contributed by atoms with Gasteiger partial charge >= 0.3 is 0 Å². The van der Waals surface area contributed by atoms with Crippen molar-refractivity contribution in [1.29, 1.82) is 5.26 Å². The van der Waals surface area contributed by atoms with Crippen molar-refractivity contribution in [2.75, 3.05) is 36.9 Å². The molecule has 2 aromatic heterocycles. The first-order chi connectivity index (χ1) is 17.7. The van der Waals surface area contributed by atoms with Gasteiger partial charge in [-0.1, -0.05) is 19.9 Å². The molecule has 0 unspecified atom stereocenters. The Bertz CT molecular complexity index is 1300. The number of hydrogen-bond donors (Lipinski definition) is 2. The Kier molecular flexibility index (Phi) is 8.35. The van der Waals surface area contributed by atoms with Gasteiger partial charge in [0.05, 0.1) is 11.6 Å². The maximum atomic E-state index is 9.24. The van der Waals surface area contributed by atoms with Crippen LogP contribution in [0.15, 0.2) is 73.4 Å². The fraction of sp³-hybridized carbons (Fsp3) is 0.222. The molecule has 36 heavy (non-hydrogen) atoms. The molecule has 0 aliphatic heterocycles. The van der Waals surface area contributed by atoms with Crippen molar-refractivity contribution in [2.24, 2.45) is 0 Å². The highest BCUT2D eigenvalue weighted by Gasteiger charge is 2.12. The number of nitrogens with one attached hydrogen (secondary N) is 2. The topological polar surface area (TPSA) is 112 Å². The smallest absolute Gasteiger partial charge is 0.229 e. The molecule has 0 radical (unpaired) electrons. The van der Waals surface area contributed by atoms with Crippen LogP contribution in [0.4, 0.5) is 23.1 Å². The number of hydrogen-bond acceptors (Lipinski definition) is 9. The van der Waals surface area contributed by atoms with E-state index in [0.29, 0.717) is 23.9 Å². The van der Waals surface area contributed by atoms with Crippen molar-refractivity contribution in [1.82, 2.24) is 24.8 Å². The summed E-state index contributed by atoms with van der Waals surface area (Å²) in [5, 5.41) is 15.8. The van der Waals surface area contributed by atoms with E-state index in [1.165, 1.54) is 6.33 Å². The molecule has 0 spiro atoms. The Morgan fingerprint density at radius 3 is 2.44 bits per heavy atom. The van der Waals surface area contributed by atoms with Gasteiger partial charge in [-0.2, -0.15) is 10.2 Å². The highest BCUT2D eigenvalue weighted by Crippen LogP contribution is 2.29. The number of nitriles is 1. The number of benzene rings is 2. The van der Waals surface area contributed by atoms with Gasteiger partial charge in [0.1, 0.15) is 24.5 Å². The molecule has 0 aliphatic rings. The van der Waals surface area contributed by atoms with Gasteiger partial charge in [-0.25, -0.2) is 15.0 Å². The second kappa shape index (κ2) is 12.2. The third-order valence-corrected chi connectivity index (χ3v) is 5.60. The number of ether oxygens (including phenoxy) is 1. The highest BCUT2D eigenvalue weighted by molar-refractivity contribution is 5.78. The van der Waals surface area contributed by atoms with Crippen molar-refractivity contribution in [3.05, 3.63) is 79.0 Å². The van der Waals surface area contributed by atoms with E-state index in [9.17, 15) is 5.26 Å². The van der Waals surface area contributed by atoms with Crippen molar-refractivity contribution in [3.8, 4) is 22.9 Å². The van der Waals surface area contributed by atoms with E-state index in [1.807, 2.05) is 36.4 Å². The van der Waals surface area contributed by atoms with Crippen molar-refractivity contribution >= 4 is 23.1 Å². The molecule has 4 aromatic rings. The van der Waals surface area contributed by atoms with E-state index in [1.54, 1.807) is 30.7 Å². The molecule has 0 amide bonds. The van der Waals surface area contributed by atoms with Crippen molar-refractivity contribution in [2.45, 2.75) is 13.8 Å². The lowest BCUT2D eigenvalue weighted by Crippen LogP contribution is -2.27. The second-order valence-electron chi connectivity index (χ2n) is 7.93. The van der Waals surface area contributed by atoms with E-state index in [2.05, 4.69) is 50.4 Å². The fourth-order valence-electron chi connectivity index (χ4n) is 3.59. The quantitative estimate of drug-likeness (QED) is 0.306. The second-order valence-corrected chi connectivity index (χ2v) is 7.93. The zero-order valence-corrected chi connectivity index (χ0v) is 20.3. The van der Waals surface area contributed by atoms with Gasteiger partial charge in [0.2, 0.25) is 5.95 Å². The van der Waals surface area contributed by atoms with Crippen LogP contribution >= 0.6 is 0 Å². The molecule has 0 saturated carbocycles. The first-order valence-electron chi connectivity index (χ1n) is 11.8. The van der Waals surface area contributed by atoms with Gasteiger partial charge in [0.15, 0.2) is 0 Å². The SMILES string of the molecule is CCN(CC)CCOc1ccc(Nc2ncc(-c3cncnc3)c(Nc3cccc(C#N)c3)n2)cc1. The largest absolute Gasteiger partial charge is 0.492 e. The summed E-state index contributed by atoms with van der Waals surface area (Å²) >= 11 is 0. The summed E-state index contributed by atoms with van der Waals surface area (Å²) in [4.78, 5) is 19.7. The van der Waals surface area contributed by atoms with Crippen molar-refractivity contribution in [3.63, 3.8) is 0 Å². The molecule has 0 aliphatic carbocycles. The van der Waals surface area contributed by atoms with Gasteiger partial charge < -0.3 is 20.3 Å². The summed E-state index contributed by atoms with van der Waals surface area (Å²) in [5.74, 6) is 1.80. The number of aromatic nitrogens is 4.